The molecule has 1 atom stereocenters. The molecule has 0 aliphatic carbocycles. The number of carbonyl (C=O) groups is 2. The summed E-state index contributed by atoms with van der Waals surface area (Å²) in [5.41, 5.74) is 0.822. The fraction of sp³-hybridized carbons (Fsp3) is 0.333. The molecule has 29 heavy (non-hydrogen) atoms. The van der Waals surface area contributed by atoms with E-state index >= 15 is 0 Å². The van der Waals surface area contributed by atoms with Gasteiger partial charge in [0.05, 0.1) is 23.8 Å². The number of rotatable bonds is 4. The number of amides is 3. The van der Waals surface area contributed by atoms with Crippen molar-refractivity contribution in [2.45, 2.75) is 32.4 Å². The van der Waals surface area contributed by atoms with Crippen LogP contribution in [0.15, 0.2) is 22.7 Å². The maximum Gasteiger partial charge on any atom is 0.322 e. The predicted molar refractivity (Wildman–Crippen MR) is 93.7 cm³/mol. The maximum absolute atomic E-state index is 13.4. The van der Waals surface area contributed by atoms with Crippen LogP contribution in [0.5, 0.6) is 0 Å². The van der Waals surface area contributed by atoms with E-state index in [9.17, 15) is 22.8 Å². The van der Waals surface area contributed by atoms with Gasteiger partial charge in [0.25, 0.3) is 12.3 Å². The molecule has 3 amide bonds. The van der Waals surface area contributed by atoms with Crippen molar-refractivity contribution < 1.29 is 27.3 Å². The van der Waals surface area contributed by atoms with Gasteiger partial charge in [0.15, 0.2) is 0 Å². The first-order chi connectivity index (χ1) is 13.8. The number of nitrogens with zero attached hydrogens (tertiary/aromatic N) is 3. The number of fused-ring (bicyclic) bond motifs is 1. The Kier molecular flexibility index (Phi) is 5.72. The van der Waals surface area contributed by atoms with Gasteiger partial charge in [-0.25, -0.2) is 18.0 Å². The van der Waals surface area contributed by atoms with E-state index in [1.165, 1.54) is 17.0 Å². The summed E-state index contributed by atoms with van der Waals surface area (Å²) in [5.74, 6) is -1.77. The monoisotopic (exact) mass is 407 g/mol. The third-order valence-electron chi connectivity index (χ3n) is 4.41. The van der Waals surface area contributed by atoms with Crippen LogP contribution in [0.25, 0.3) is 0 Å². The van der Waals surface area contributed by atoms with Crippen molar-refractivity contribution in [1.82, 2.24) is 15.4 Å². The summed E-state index contributed by atoms with van der Waals surface area (Å²) < 4.78 is 43.7. The highest BCUT2D eigenvalue weighted by Gasteiger charge is 2.31. The third kappa shape index (κ3) is 4.31. The SMILES string of the molecule is C[C@@H](NC(=O)c1onc2c1CN(C(=O)Nc1ccc(F)c(C#N)c1)CC2)C(F)F. The molecule has 2 aromatic rings. The Morgan fingerprint density at radius 3 is 2.83 bits per heavy atom. The Labute approximate surface area is 163 Å². The minimum absolute atomic E-state index is 0.0250. The zero-order valence-corrected chi connectivity index (χ0v) is 15.2. The highest BCUT2D eigenvalue weighted by molar-refractivity contribution is 5.94. The summed E-state index contributed by atoms with van der Waals surface area (Å²) in [4.78, 5) is 26.1. The molecule has 0 fully saturated rings. The zero-order valence-electron chi connectivity index (χ0n) is 15.2. The van der Waals surface area contributed by atoms with Crippen LogP contribution in [0.1, 0.15) is 34.3 Å². The van der Waals surface area contributed by atoms with E-state index in [4.69, 9.17) is 9.78 Å². The van der Waals surface area contributed by atoms with E-state index in [0.29, 0.717) is 17.7 Å². The van der Waals surface area contributed by atoms with E-state index < -0.39 is 30.2 Å². The Bertz CT molecular complexity index is 986. The van der Waals surface area contributed by atoms with Crippen molar-refractivity contribution in [2.75, 3.05) is 11.9 Å². The fourth-order valence-corrected chi connectivity index (χ4v) is 2.79. The van der Waals surface area contributed by atoms with Gasteiger partial charge in [-0.2, -0.15) is 5.26 Å². The van der Waals surface area contributed by atoms with Gasteiger partial charge in [0.2, 0.25) is 5.76 Å². The molecule has 1 aliphatic rings. The number of benzene rings is 1. The number of nitrogens with one attached hydrogen (secondary N) is 2. The Balaban J connectivity index is 1.72. The van der Waals surface area contributed by atoms with Crippen LogP contribution in [0.3, 0.4) is 0 Å². The molecular formula is C18H16F3N5O3. The topological polar surface area (TPSA) is 111 Å². The molecule has 152 valence electrons. The van der Waals surface area contributed by atoms with E-state index in [2.05, 4.69) is 15.8 Å². The third-order valence-corrected chi connectivity index (χ3v) is 4.41. The zero-order chi connectivity index (χ0) is 21.1. The van der Waals surface area contributed by atoms with E-state index in [1.54, 1.807) is 6.07 Å². The molecule has 1 aliphatic heterocycles. The maximum atomic E-state index is 13.4. The van der Waals surface area contributed by atoms with Crippen molar-refractivity contribution in [2.24, 2.45) is 0 Å². The van der Waals surface area contributed by atoms with Crippen molar-refractivity contribution in [3.63, 3.8) is 0 Å². The summed E-state index contributed by atoms with van der Waals surface area (Å²) in [6.07, 6.45) is -2.44. The molecule has 0 saturated carbocycles. The van der Waals surface area contributed by atoms with Gasteiger partial charge in [0, 0.05) is 24.2 Å². The second-order valence-corrected chi connectivity index (χ2v) is 6.44. The number of carbonyl (C=O) groups excluding carboxylic acids is 2. The predicted octanol–water partition coefficient (Wildman–Crippen LogP) is 2.66. The van der Waals surface area contributed by atoms with E-state index in [1.807, 2.05) is 0 Å². The lowest BCUT2D eigenvalue weighted by Gasteiger charge is -2.26. The largest absolute Gasteiger partial charge is 0.350 e. The first-order valence-electron chi connectivity index (χ1n) is 8.62. The van der Waals surface area contributed by atoms with E-state index in [-0.39, 0.29) is 30.1 Å². The molecule has 8 nitrogen and oxygen atoms in total. The molecule has 0 radical (unpaired) electrons. The summed E-state index contributed by atoms with van der Waals surface area (Å²) in [5, 5.41) is 17.3. The van der Waals surface area contributed by atoms with Crippen LogP contribution in [-0.4, -0.2) is 41.0 Å². The normalized spacial score (nSPS) is 14.1. The van der Waals surface area contributed by atoms with Crippen LogP contribution in [0, 0.1) is 17.1 Å². The standard InChI is InChI=1S/C18H16F3N5O3/c1-9(16(20)21)23-17(27)15-12-8-26(5-4-14(12)25-29-15)18(28)24-11-2-3-13(19)10(6-11)7-22/h2-3,6,9,16H,4-5,8H2,1H3,(H,23,27)(H,24,28)/t9-/m1/s1. The van der Waals surface area contributed by atoms with Crippen LogP contribution >= 0.6 is 0 Å². The first-order valence-corrected chi connectivity index (χ1v) is 8.62. The molecular weight excluding hydrogens is 391 g/mol. The van der Waals surface area contributed by atoms with Crippen LogP contribution < -0.4 is 10.6 Å². The molecule has 0 saturated heterocycles. The van der Waals surface area contributed by atoms with Gasteiger partial charge in [-0.05, 0) is 25.1 Å². The quantitative estimate of drug-likeness (QED) is 0.810. The number of hydrogen-bond acceptors (Lipinski definition) is 5. The van der Waals surface area contributed by atoms with Crippen LogP contribution in [-0.2, 0) is 13.0 Å². The van der Waals surface area contributed by atoms with Crippen molar-refractivity contribution >= 4 is 17.6 Å². The highest BCUT2D eigenvalue weighted by Crippen LogP contribution is 2.23. The van der Waals surface area contributed by atoms with Gasteiger partial charge < -0.3 is 20.1 Å². The first kappa shape index (κ1) is 20.2. The molecule has 3 rings (SSSR count). The lowest BCUT2D eigenvalue weighted by Crippen LogP contribution is -2.41. The van der Waals surface area contributed by atoms with Gasteiger partial charge in [-0.3, -0.25) is 4.79 Å². The second-order valence-electron chi connectivity index (χ2n) is 6.44. The van der Waals surface area contributed by atoms with Crippen molar-refractivity contribution in [3.8, 4) is 6.07 Å². The number of nitriles is 1. The van der Waals surface area contributed by atoms with Gasteiger partial charge in [0.1, 0.15) is 11.9 Å². The number of urea groups is 1. The molecule has 0 bridgehead atoms. The number of anilines is 1. The van der Waals surface area contributed by atoms with E-state index in [0.717, 1.165) is 13.0 Å². The summed E-state index contributed by atoms with van der Waals surface area (Å²) in [6, 6.07) is 3.34. The molecule has 2 heterocycles. The van der Waals surface area contributed by atoms with Crippen molar-refractivity contribution in [3.05, 3.63) is 46.6 Å². The minimum atomic E-state index is -2.74. The average Bonchev–Trinajstić information content (AvgIpc) is 3.12. The molecule has 11 heteroatoms. The lowest BCUT2D eigenvalue weighted by molar-refractivity contribution is 0.0749. The van der Waals surface area contributed by atoms with Crippen LogP contribution in [0.2, 0.25) is 0 Å². The lowest BCUT2D eigenvalue weighted by atomic mass is 10.1. The highest BCUT2D eigenvalue weighted by atomic mass is 19.3. The molecule has 2 N–H and O–H groups in total. The number of aromatic nitrogens is 1. The Hall–Kier alpha value is -3.55. The number of hydrogen-bond donors (Lipinski definition) is 2. The smallest absolute Gasteiger partial charge is 0.322 e. The summed E-state index contributed by atoms with van der Waals surface area (Å²) in [7, 11) is 0. The molecule has 0 spiro atoms. The number of halogens is 3. The van der Waals surface area contributed by atoms with Gasteiger partial charge in [-0.15, -0.1) is 0 Å². The Morgan fingerprint density at radius 2 is 2.14 bits per heavy atom. The average molecular weight is 407 g/mol. The summed E-state index contributed by atoms with van der Waals surface area (Å²) in [6.45, 7) is 1.40. The van der Waals surface area contributed by atoms with Gasteiger partial charge in [-0.1, -0.05) is 5.16 Å². The molecule has 1 aromatic heterocycles. The fourth-order valence-electron chi connectivity index (χ4n) is 2.79. The number of alkyl halides is 2. The van der Waals surface area contributed by atoms with Crippen molar-refractivity contribution in [1.29, 1.82) is 5.26 Å². The minimum Gasteiger partial charge on any atom is -0.350 e. The second kappa shape index (κ2) is 8.22. The van der Waals surface area contributed by atoms with Crippen LogP contribution in [0.4, 0.5) is 23.7 Å². The molecule has 0 unspecified atom stereocenters. The van der Waals surface area contributed by atoms with Gasteiger partial charge >= 0.3 is 6.03 Å². The molecule has 1 aromatic carbocycles. The Morgan fingerprint density at radius 1 is 1.38 bits per heavy atom. The summed E-state index contributed by atoms with van der Waals surface area (Å²) >= 11 is 0.